The maximum Gasteiger partial charge on any atom is 0.248 e. The van der Waals surface area contributed by atoms with Crippen LogP contribution >= 0.6 is 0 Å². The molecule has 3 rings (SSSR count). The molecule has 1 fully saturated rings. The minimum Gasteiger partial charge on any atom is -0.391 e. The predicted octanol–water partition coefficient (Wildman–Crippen LogP) is 1.24. The highest BCUT2D eigenvalue weighted by Crippen LogP contribution is 2.27. The van der Waals surface area contributed by atoms with Crippen LogP contribution in [0.3, 0.4) is 0 Å². The van der Waals surface area contributed by atoms with Gasteiger partial charge in [-0.3, -0.25) is 4.79 Å². The summed E-state index contributed by atoms with van der Waals surface area (Å²) in [5.41, 5.74) is 0.836. The number of benzene rings is 1. The largest absolute Gasteiger partial charge is 0.391 e. The van der Waals surface area contributed by atoms with Gasteiger partial charge < -0.3 is 15.0 Å². The summed E-state index contributed by atoms with van der Waals surface area (Å²) in [6, 6.07) is 6.01. The van der Waals surface area contributed by atoms with Gasteiger partial charge in [0.15, 0.2) is 0 Å². The Balaban J connectivity index is 2.11. The Morgan fingerprint density at radius 1 is 1.39 bits per heavy atom. The number of nitrogens with one attached hydrogen (secondary N) is 1. The summed E-state index contributed by atoms with van der Waals surface area (Å²) in [5.74, 6) is -0.330. The summed E-state index contributed by atoms with van der Waals surface area (Å²) in [4.78, 5) is 15.7. The molecule has 1 atom stereocenters. The van der Waals surface area contributed by atoms with E-state index in [4.69, 9.17) is 0 Å². The summed E-state index contributed by atoms with van der Waals surface area (Å²) < 4.78 is 14.0. The third kappa shape index (κ3) is 1.86. The highest BCUT2D eigenvalue weighted by molar-refractivity contribution is 5.82. The lowest BCUT2D eigenvalue weighted by molar-refractivity contribution is 0.198. The van der Waals surface area contributed by atoms with E-state index >= 15 is 0 Å². The van der Waals surface area contributed by atoms with Crippen LogP contribution in [0.1, 0.15) is 6.42 Å². The van der Waals surface area contributed by atoms with Crippen LogP contribution in [0.4, 0.5) is 10.1 Å². The molecule has 1 aromatic carbocycles. The van der Waals surface area contributed by atoms with Crippen molar-refractivity contribution < 1.29 is 9.50 Å². The number of β-amino-alcohol motifs (C(OH)–C–C–N with tert-alkyl or cyclic N) is 1. The molecule has 1 aromatic heterocycles. The molecule has 1 saturated heterocycles. The zero-order valence-corrected chi connectivity index (χ0v) is 9.69. The maximum atomic E-state index is 14.0. The van der Waals surface area contributed by atoms with Crippen molar-refractivity contribution in [2.45, 2.75) is 12.5 Å². The monoisotopic (exact) mass is 248 g/mol. The van der Waals surface area contributed by atoms with Gasteiger partial charge in [-0.15, -0.1) is 0 Å². The average Bonchev–Trinajstić information content (AvgIpc) is 2.75. The first-order chi connectivity index (χ1) is 8.63. The molecule has 0 bridgehead atoms. The second-order valence-corrected chi connectivity index (χ2v) is 4.60. The van der Waals surface area contributed by atoms with Crippen molar-refractivity contribution in [1.82, 2.24) is 4.98 Å². The van der Waals surface area contributed by atoms with E-state index in [1.54, 1.807) is 17.0 Å². The Kier molecular flexibility index (Phi) is 2.56. The predicted molar refractivity (Wildman–Crippen MR) is 67.4 cm³/mol. The molecule has 1 unspecified atom stereocenters. The van der Waals surface area contributed by atoms with Crippen LogP contribution in [-0.4, -0.2) is 29.3 Å². The molecule has 2 N–H and O–H groups in total. The Hall–Kier alpha value is -1.88. The third-order valence-corrected chi connectivity index (χ3v) is 3.30. The van der Waals surface area contributed by atoms with E-state index < -0.39 is 6.10 Å². The molecular formula is C13H13FN2O2. The summed E-state index contributed by atoms with van der Waals surface area (Å²) in [7, 11) is 0. The van der Waals surface area contributed by atoms with Gasteiger partial charge in [-0.25, -0.2) is 4.39 Å². The smallest absolute Gasteiger partial charge is 0.248 e. The van der Waals surface area contributed by atoms with Crippen LogP contribution in [0, 0.1) is 5.82 Å². The van der Waals surface area contributed by atoms with Gasteiger partial charge in [0.25, 0.3) is 0 Å². The van der Waals surface area contributed by atoms with Gasteiger partial charge >= 0.3 is 0 Å². The molecular weight excluding hydrogens is 235 g/mol. The molecule has 2 aromatic rings. The number of H-pyrrole nitrogens is 1. The molecule has 18 heavy (non-hydrogen) atoms. The topological polar surface area (TPSA) is 56.3 Å². The molecule has 1 aliphatic heterocycles. The number of aliphatic hydroxyl groups excluding tert-OH is 1. The van der Waals surface area contributed by atoms with Gasteiger partial charge in [-0.1, -0.05) is 0 Å². The van der Waals surface area contributed by atoms with Gasteiger partial charge in [0.2, 0.25) is 5.56 Å². The summed E-state index contributed by atoms with van der Waals surface area (Å²) in [5, 5.41) is 10.1. The molecule has 0 aliphatic carbocycles. The molecule has 0 radical (unpaired) electrons. The zero-order valence-electron chi connectivity index (χ0n) is 9.69. The highest BCUT2D eigenvalue weighted by Gasteiger charge is 2.23. The number of pyridine rings is 1. The second-order valence-electron chi connectivity index (χ2n) is 4.60. The number of fused-ring (bicyclic) bond motifs is 1. The molecule has 4 nitrogen and oxygen atoms in total. The van der Waals surface area contributed by atoms with Gasteiger partial charge in [0.05, 0.1) is 17.3 Å². The van der Waals surface area contributed by atoms with Crippen LogP contribution in [0.5, 0.6) is 0 Å². The quantitative estimate of drug-likeness (QED) is 0.798. The number of anilines is 1. The number of nitrogens with zero attached hydrogens (tertiary/aromatic N) is 1. The van der Waals surface area contributed by atoms with Gasteiger partial charge in [-0.2, -0.15) is 0 Å². The first-order valence-corrected chi connectivity index (χ1v) is 5.89. The van der Waals surface area contributed by atoms with Crippen molar-refractivity contribution in [2.24, 2.45) is 0 Å². The number of hydrogen-bond donors (Lipinski definition) is 2. The summed E-state index contributed by atoms with van der Waals surface area (Å²) >= 11 is 0. The Bertz CT molecular complexity index is 653. The molecule has 1 aliphatic rings. The Morgan fingerprint density at radius 3 is 2.94 bits per heavy atom. The van der Waals surface area contributed by atoms with Crippen molar-refractivity contribution in [3.8, 4) is 0 Å². The molecule has 0 amide bonds. The average molecular weight is 248 g/mol. The van der Waals surface area contributed by atoms with Crippen LogP contribution in [0.2, 0.25) is 0 Å². The van der Waals surface area contributed by atoms with E-state index in [0.717, 1.165) is 0 Å². The Morgan fingerprint density at radius 2 is 2.22 bits per heavy atom. The Labute approximate surface area is 103 Å². The summed E-state index contributed by atoms with van der Waals surface area (Å²) in [6.07, 6.45) is 0.234. The lowest BCUT2D eigenvalue weighted by atomic mass is 10.2. The first kappa shape index (κ1) is 11.2. The third-order valence-electron chi connectivity index (χ3n) is 3.30. The fourth-order valence-corrected chi connectivity index (χ4v) is 2.37. The highest BCUT2D eigenvalue weighted by atomic mass is 19.1. The minimum absolute atomic E-state index is 0.207. The lowest BCUT2D eigenvalue weighted by Gasteiger charge is -2.19. The van der Waals surface area contributed by atoms with Crippen molar-refractivity contribution >= 4 is 16.6 Å². The van der Waals surface area contributed by atoms with Gasteiger partial charge in [0.1, 0.15) is 5.82 Å². The molecule has 0 saturated carbocycles. The number of rotatable bonds is 1. The number of aromatic amines is 1. The van der Waals surface area contributed by atoms with E-state index in [1.807, 2.05) is 0 Å². The van der Waals surface area contributed by atoms with Gasteiger partial charge in [0, 0.05) is 24.5 Å². The molecule has 94 valence electrons. The second kappa shape index (κ2) is 4.10. The van der Waals surface area contributed by atoms with E-state index in [1.165, 1.54) is 12.1 Å². The normalized spacial score (nSPS) is 19.7. The first-order valence-electron chi connectivity index (χ1n) is 5.89. The van der Waals surface area contributed by atoms with Crippen molar-refractivity contribution in [1.29, 1.82) is 0 Å². The number of aromatic nitrogens is 1. The van der Waals surface area contributed by atoms with Crippen LogP contribution in [0.15, 0.2) is 29.1 Å². The number of halogens is 1. The van der Waals surface area contributed by atoms with Crippen molar-refractivity contribution in [2.75, 3.05) is 18.0 Å². The SMILES string of the molecule is O=c1ccc2cc(F)c(N3CCC(O)C3)cc2[nH]1. The fourth-order valence-electron chi connectivity index (χ4n) is 2.37. The number of aliphatic hydroxyl groups is 1. The maximum absolute atomic E-state index is 14.0. The molecule has 5 heteroatoms. The minimum atomic E-state index is -0.407. The lowest BCUT2D eigenvalue weighted by Crippen LogP contribution is -2.22. The van der Waals surface area contributed by atoms with E-state index in [2.05, 4.69) is 4.98 Å². The van der Waals surface area contributed by atoms with Crippen LogP contribution in [0.25, 0.3) is 10.9 Å². The molecule has 2 heterocycles. The zero-order chi connectivity index (χ0) is 12.7. The standard InChI is InChI=1S/C13H13FN2O2/c14-10-5-8-1-2-13(18)15-11(8)6-12(10)16-4-3-9(17)7-16/h1-2,5-6,9,17H,3-4,7H2,(H,15,18). The van der Waals surface area contributed by atoms with E-state index in [9.17, 15) is 14.3 Å². The molecule has 0 spiro atoms. The van der Waals surface area contributed by atoms with Gasteiger partial charge in [-0.05, 0) is 24.6 Å². The van der Waals surface area contributed by atoms with Crippen molar-refractivity contribution in [3.05, 3.63) is 40.4 Å². The van der Waals surface area contributed by atoms with Crippen LogP contribution < -0.4 is 10.5 Å². The van der Waals surface area contributed by atoms with E-state index in [0.29, 0.717) is 36.1 Å². The van der Waals surface area contributed by atoms with Crippen LogP contribution in [-0.2, 0) is 0 Å². The number of hydrogen-bond acceptors (Lipinski definition) is 3. The van der Waals surface area contributed by atoms with E-state index in [-0.39, 0.29) is 11.4 Å². The summed E-state index contributed by atoms with van der Waals surface area (Å²) in [6.45, 7) is 1.06. The fraction of sp³-hybridized carbons (Fsp3) is 0.308. The van der Waals surface area contributed by atoms with Crippen molar-refractivity contribution in [3.63, 3.8) is 0 Å².